The lowest BCUT2D eigenvalue weighted by Crippen LogP contribution is -2.39. The highest BCUT2D eigenvalue weighted by atomic mass is 16.5. The van der Waals surface area contributed by atoms with Crippen molar-refractivity contribution in [1.29, 1.82) is 0 Å². The molecular weight excluding hydrogens is 316 g/mol. The number of pyridine rings is 1. The van der Waals surface area contributed by atoms with Gasteiger partial charge in [-0.2, -0.15) is 0 Å². The second-order valence-corrected chi connectivity index (χ2v) is 6.34. The average Bonchev–Trinajstić information content (AvgIpc) is 3.27. The summed E-state index contributed by atoms with van der Waals surface area (Å²) in [5.41, 5.74) is 2.10. The zero-order valence-corrected chi connectivity index (χ0v) is 14.1. The Labute approximate surface area is 146 Å². The van der Waals surface area contributed by atoms with Crippen LogP contribution in [0.4, 0.5) is 0 Å². The van der Waals surface area contributed by atoms with Gasteiger partial charge in [-0.15, -0.1) is 0 Å². The monoisotopic (exact) mass is 336 g/mol. The van der Waals surface area contributed by atoms with Crippen LogP contribution in [0.1, 0.15) is 23.2 Å². The molecule has 1 aliphatic heterocycles. The second kappa shape index (κ2) is 6.55. The number of hydrogen-bond donors (Lipinski definition) is 0. The van der Waals surface area contributed by atoms with Gasteiger partial charge in [0, 0.05) is 19.8 Å². The summed E-state index contributed by atoms with van der Waals surface area (Å²) in [6.45, 7) is 1.26. The highest BCUT2D eigenvalue weighted by molar-refractivity contribution is 5.96. The number of carbonyl (C=O) groups excluding carboxylic acids is 1. The Morgan fingerprint density at radius 1 is 1.28 bits per heavy atom. The molecule has 3 heterocycles. The minimum Gasteiger partial charge on any atom is -0.491 e. The van der Waals surface area contributed by atoms with Crippen LogP contribution in [-0.4, -0.2) is 44.5 Å². The number of benzene rings is 1. The van der Waals surface area contributed by atoms with E-state index in [0.29, 0.717) is 12.2 Å². The van der Waals surface area contributed by atoms with Crippen LogP contribution in [-0.2, 0) is 7.05 Å². The summed E-state index contributed by atoms with van der Waals surface area (Å²) in [6, 6.07) is 11.6. The number of nitrogens with zero attached hydrogens (tertiary/aromatic N) is 4. The molecule has 25 heavy (non-hydrogen) atoms. The van der Waals surface area contributed by atoms with Gasteiger partial charge >= 0.3 is 0 Å². The third kappa shape index (κ3) is 3.07. The van der Waals surface area contributed by atoms with Crippen molar-refractivity contribution < 1.29 is 9.53 Å². The Bertz CT molecular complexity index is 891. The van der Waals surface area contributed by atoms with Crippen molar-refractivity contribution in [3.05, 3.63) is 54.5 Å². The molecule has 0 saturated carbocycles. The fourth-order valence-corrected chi connectivity index (χ4v) is 3.28. The Morgan fingerprint density at radius 2 is 2.12 bits per heavy atom. The Balaban J connectivity index is 1.49. The van der Waals surface area contributed by atoms with Gasteiger partial charge in [-0.05, 0) is 31.0 Å². The lowest BCUT2D eigenvalue weighted by atomic mass is 10.2. The van der Waals surface area contributed by atoms with Gasteiger partial charge in [0.25, 0.3) is 5.91 Å². The van der Waals surface area contributed by atoms with Crippen molar-refractivity contribution in [2.45, 2.75) is 18.9 Å². The van der Waals surface area contributed by atoms with Gasteiger partial charge in [-0.25, -0.2) is 9.97 Å². The van der Waals surface area contributed by atoms with Crippen molar-refractivity contribution in [3.63, 3.8) is 0 Å². The predicted octanol–water partition coefficient (Wildman–Crippen LogP) is 2.65. The van der Waals surface area contributed by atoms with Crippen LogP contribution in [0.25, 0.3) is 11.2 Å². The summed E-state index contributed by atoms with van der Waals surface area (Å²) in [5.74, 6) is 0.831. The molecule has 1 fully saturated rings. The third-order valence-corrected chi connectivity index (χ3v) is 4.62. The standard InChI is InChI=1S/C19H20N4O2/c1-22-13-21-17-10-14(11-20-18(17)22)19(24)23-9-5-6-15(23)12-25-16-7-3-2-4-8-16/h2-4,7-8,10-11,13,15H,5-6,9,12H2,1H3. The first-order chi connectivity index (χ1) is 12.2. The highest BCUT2D eigenvalue weighted by Gasteiger charge is 2.30. The number of fused-ring (bicyclic) bond motifs is 1. The van der Waals surface area contributed by atoms with Gasteiger partial charge in [0.1, 0.15) is 17.9 Å². The first-order valence-electron chi connectivity index (χ1n) is 8.48. The molecule has 3 aromatic rings. The molecule has 0 aliphatic carbocycles. The van der Waals surface area contributed by atoms with E-state index in [1.165, 1.54) is 0 Å². The topological polar surface area (TPSA) is 60.2 Å². The number of likely N-dealkylation sites (tertiary alicyclic amines) is 1. The van der Waals surface area contributed by atoms with Gasteiger partial charge in [0.15, 0.2) is 5.65 Å². The maximum Gasteiger partial charge on any atom is 0.255 e. The van der Waals surface area contributed by atoms with E-state index < -0.39 is 0 Å². The van der Waals surface area contributed by atoms with Crippen LogP contribution >= 0.6 is 0 Å². The minimum absolute atomic E-state index is 0.000727. The number of imidazole rings is 1. The fourth-order valence-electron chi connectivity index (χ4n) is 3.28. The van der Waals surface area contributed by atoms with E-state index in [1.54, 1.807) is 12.5 Å². The molecule has 0 N–H and O–H groups in total. The van der Waals surface area contributed by atoms with E-state index >= 15 is 0 Å². The summed E-state index contributed by atoms with van der Waals surface area (Å²) in [5, 5.41) is 0. The molecule has 1 aromatic carbocycles. The van der Waals surface area contributed by atoms with E-state index in [1.807, 2.05) is 52.9 Å². The molecule has 128 valence electrons. The molecule has 6 nitrogen and oxygen atoms in total. The van der Waals surface area contributed by atoms with Crippen LogP contribution in [0, 0.1) is 0 Å². The number of aryl methyl sites for hydroxylation is 1. The number of ether oxygens (including phenoxy) is 1. The molecule has 0 radical (unpaired) electrons. The minimum atomic E-state index is -0.000727. The Kier molecular flexibility index (Phi) is 4.09. The largest absolute Gasteiger partial charge is 0.491 e. The van der Waals surface area contributed by atoms with Crippen LogP contribution in [0.2, 0.25) is 0 Å². The summed E-state index contributed by atoms with van der Waals surface area (Å²) in [6.07, 6.45) is 5.30. The van der Waals surface area contributed by atoms with E-state index in [0.717, 1.165) is 36.3 Å². The molecule has 1 atom stereocenters. The number of rotatable bonds is 4. The van der Waals surface area contributed by atoms with Gasteiger partial charge < -0.3 is 14.2 Å². The van der Waals surface area contributed by atoms with E-state index in [2.05, 4.69) is 9.97 Å². The highest BCUT2D eigenvalue weighted by Crippen LogP contribution is 2.22. The average molecular weight is 336 g/mol. The number of carbonyl (C=O) groups is 1. The zero-order chi connectivity index (χ0) is 17.2. The fraction of sp³-hybridized carbons (Fsp3) is 0.316. The van der Waals surface area contributed by atoms with Crippen molar-refractivity contribution in [1.82, 2.24) is 19.4 Å². The molecule has 1 saturated heterocycles. The molecule has 0 bridgehead atoms. The second-order valence-electron chi connectivity index (χ2n) is 6.34. The number of para-hydroxylation sites is 1. The zero-order valence-electron chi connectivity index (χ0n) is 14.1. The van der Waals surface area contributed by atoms with Crippen LogP contribution < -0.4 is 4.74 Å². The predicted molar refractivity (Wildman–Crippen MR) is 94.5 cm³/mol. The first kappa shape index (κ1) is 15.6. The number of aromatic nitrogens is 3. The van der Waals surface area contributed by atoms with Crippen molar-refractivity contribution in [2.24, 2.45) is 7.05 Å². The van der Waals surface area contributed by atoms with E-state index in [9.17, 15) is 4.79 Å². The van der Waals surface area contributed by atoms with Crippen molar-refractivity contribution >= 4 is 17.1 Å². The molecule has 1 aliphatic rings. The summed E-state index contributed by atoms with van der Waals surface area (Å²) < 4.78 is 7.70. The maximum atomic E-state index is 12.9. The Hall–Kier alpha value is -2.89. The smallest absolute Gasteiger partial charge is 0.255 e. The molecule has 2 aromatic heterocycles. The molecule has 1 unspecified atom stereocenters. The lowest BCUT2D eigenvalue weighted by molar-refractivity contribution is 0.0691. The summed E-state index contributed by atoms with van der Waals surface area (Å²) >= 11 is 0. The molecule has 0 spiro atoms. The summed E-state index contributed by atoms with van der Waals surface area (Å²) in [7, 11) is 1.89. The van der Waals surface area contributed by atoms with Crippen LogP contribution in [0.15, 0.2) is 48.9 Å². The van der Waals surface area contributed by atoms with Gasteiger partial charge in [-0.1, -0.05) is 18.2 Å². The first-order valence-corrected chi connectivity index (χ1v) is 8.48. The molecule has 4 rings (SSSR count). The van der Waals surface area contributed by atoms with Gasteiger partial charge in [0.2, 0.25) is 0 Å². The normalized spacial score (nSPS) is 17.2. The lowest BCUT2D eigenvalue weighted by Gasteiger charge is -2.24. The van der Waals surface area contributed by atoms with Crippen LogP contribution in [0.5, 0.6) is 5.75 Å². The van der Waals surface area contributed by atoms with Crippen molar-refractivity contribution in [3.8, 4) is 5.75 Å². The van der Waals surface area contributed by atoms with Gasteiger partial charge in [0.05, 0.1) is 17.9 Å². The number of hydrogen-bond acceptors (Lipinski definition) is 4. The Morgan fingerprint density at radius 3 is 2.96 bits per heavy atom. The van der Waals surface area contributed by atoms with Crippen LogP contribution in [0.3, 0.4) is 0 Å². The van der Waals surface area contributed by atoms with E-state index in [4.69, 9.17) is 4.74 Å². The van der Waals surface area contributed by atoms with Gasteiger partial charge in [-0.3, -0.25) is 4.79 Å². The number of amides is 1. The molecule has 6 heteroatoms. The molecule has 1 amide bonds. The van der Waals surface area contributed by atoms with E-state index in [-0.39, 0.29) is 11.9 Å². The quantitative estimate of drug-likeness (QED) is 0.735. The van der Waals surface area contributed by atoms with Crippen molar-refractivity contribution in [2.75, 3.05) is 13.2 Å². The SMILES string of the molecule is Cn1cnc2cc(C(=O)N3CCCC3COc3ccccc3)cnc21. The summed E-state index contributed by atoms with van der Waals surface area (Å²) in [4.78, 5) is 23.5. The molecular formula is C19H20N4O2. The third-order valence-electron chi connectivity index (χ3n) is 4.62. The maximum absolute atomic E-state index is 12.9.